The maximum atomic E-state index is 12.0. The number of nitrogens with zero attached hydrogens (tertiary/aromatic N) is 1. The Labute approximate surface area is 125 Å². The zero-order valence-corrected chi connectivity index (χ0v) is 12.7. The maximum absolute atomic E-state index is 12.0. The molecule has 1 amide bonds. The van der Waals surface area contributed by atoms with E-state index < -0.39 is 6.04 Å². The Morgan fingerprint density at radius 2 is 2.10 bits per heavy atom. The minimum Gasteiger partial charge on any atom is -0.459 e. The molecular weight excluding hydrogens is 276 g/mol. The van der Waals surface area contributed by atoms with Gasteiger partial charge >= 0.3 is 0 Å². The summed E-state index contributed by atoms with van der Waals surface area (Å²) in [6.45, 7) is 2.47. The second-order valence-corrected chi connectivity index (χ2v) is 4.84. The predicted octanol–water partition coefficient (Wildman–Crippen LogP) is 2.94. The van der Waals surface area contributed by atoms with Crippen molar-refractivity contribution in [2.24, 2.45) is 5.73 Å². The summed E-state index contributed by atoms with van der Waals surface area (Å²) in [5, 5.41) is 1.05. The molecule has 1 aromatic heterocycles. The molecule has 0 aliphatic heterocycles. The second-order valence-electron chi connectivity index (χ2n) is 4.84. The van der Waals surface area contributed by atoms with E-state index in [1.54, 1.807) is 11.9 Å². The van der Waals surface area contributed by atoms with E-state index in [4.69, 9.17) is 10.2 Å². The monoisotopic (exact) mass is 296 g/mol. The van der Waals surface area contributed by atoms with Gasteiger partial charge in [0.15, 0.2) is 0 Å². The molecule has 1 heterocycles. The molecule has 110 valence electrons. The molecule has 0 aliphatic rings. The van der Waals surface area contributed by atoms with Crippen LogP contribution in [-0.4, -0.2) is 23.9 Å². The van der Waals surface area contributed by atoms with Crippen LogP contribution in [0.1, 0.15) is 25.5 Å². The summed E-state index contributed by atoms with van der Waals surface area (Å²) in [6.07, 6.45) is 1.62. The number of furan rings is 1. The summed E-state index contributed by atoms with van der Waals surface area (Å²) < 4.78 is 5.69. The highest BCUT2D eigenvalue weighted by molar-refractivity contribution is 5.85. The van der Waals surface area contributed by atoms with Gasteiger partial charge in [0.2, 0.25) is 5.91 Å². The van der Waals surface area contributed by atoms with Crippen molar-refractivity contribution in [3.8, 4) is 0 Å². The lowest BCUT2D eigenvalue weighted by atomic mass is 10.1. The summed E-state index contributed by atoms with van der Waals surface area (Å²) in [5.74, 6) is 0.739. The molecule has 1 atom stereocenters. The molecule has 0 spiro atoms. The summed E-state index contributed by atoms with van der Waals surface area (Å²) >= 11 is 0. The van der Waals surface area contributed by atoms with E-state index >= 15 is 0 Å². The molecule has 2 rings (SSSR count). The van der Waals surface area contributed by atoms with Gasteiger partial charge in [0.25, 0.3) is 0 Å². The van der Waals surface area contributed by atoms with Crippen molar-refractivity contribution >= 4 is 29.3 Å². The first kappa shape index (κ1) is 16.5. The standard InChI is InChI=1S/C15H20N2O2.ClH/c1-3-6-13(16)15(18)17(2)10-12-9-11-7-4-5-8-14(11)19-12;/h4-5,7-9,13H,3,6,10,16H2,1-2H3;1H. The first-order chi connectivity index (χ1) is 9.11. The van der Waals surface area contributed by atoms with E-state index in [-0.39, 0.29) is 18.3 Å². The van der Waals surface area contributed by atoms with Crippen molar-refractivity contribution in [2.45, 2.75) is 32.4 Å². The highest BCUT2D eigenvalue weighted by Gasteiger charge is 2.18. The van der Waals surface area contributed by atoms with E-state index in [1.165, 1.54) is 0 Å². The van der Waals surface area contributed by atoms with Crippen molar-refractivity contribution in [1.29, 1.82) is 0 Å². The van der Waals surface area contributed by atoms with E-state index in [9.17, 15) is 4.79 Å². The number of likely N-dealkylation sites (N-methyl/N-ethyl adjacent to an activating group) is 1. The number of para-hydroxylation sites is 1. The Morgan fingerprint density at radius 1 is 1.40 bits per heavy atom. The molecule has 5 heteroatoms. The molecule has 4 nitrogen and oxygen atoms in total. The first-order valence-corrected chi connectivity index (χ1v) is 6.60. The fourth-order valence-electron chi connectivity index (χ4n) is 2.14. The van der Waals surface area contributed by atoms with Gasteiger partial charge in [-0.25, -0.2) is 0 Å². The van der Waals surface area contributed by atoms with Crippen LogP contribution in [-0.2, 0) is 11.3 Å². The van der Waals surface area contributed by atoms with Crippen molar-refractivity contribution in [2.75, 3.05) is 7.05 Å². The lowest BCUT2D eigenvalue weighted by Gasteiger charge is -2.19. The third-order valence-electron chi connectivity index (χ3n) is 3.16. The van der Waals surface area contributed by atoms with E-state index in [0.717, 1.165) is 23.2 Å². The number of benzene rings is 1. The number of rotatable bonds is 5. The third-order valence-corrected chi connectivity index (χ3v) is 3.16. The number of halogens is 1. The number of amides is 1. The van der Waals surface area contributed by atoms with E-state index in [1.807, 2.05) is 37.3 Å². The van der Waals surface area contributed by atoms with Crippen LogP contribution in [0.4, 0.5) is 0 Å². The number of nitrogens with two attached hydrogens (primary N) is 1. The van der Waals surface area contributed by atoms with Crippen LogP contribution >= 0.6 is 12.4 Å². The van der Waals surface area contributed by atoms with Gasteiger partial charge in [-0.3, -0.25) is 4.79 Å². The normalized spacial score (nSPS) is 11.9. The van der Waals surface area contributed by atoms with Gasteiger partial charge in [-0.2, -0.15) is 0 Å². The van der Waals surface area contributed by atoms with Crippen molar-refractivity contribution < 1.29 is 9.21 Å². The van der Waals surface area contributed by atoms with E-state index in [0.29, 0.717) is 13.0 Å². The lowest BCUT2D eigenvalue weighted by Crippen LogP contribution is -2.41. The number of hydrogen-bond donors (Lipinski definition) is 1. The van der Waals surface area contributed by atoms with Crippen LogP contribution in [0.25, 0.3) is 11.0 Å². The minimum absolute atomic E-state index is 0. The van der Waals surface area contributed by atoms with Gasteiger partial charge in [-0.15, -0.1) is 12.4 Å². The Bertz CT molecular complexity index is 535. The largest absolute Gasteiger partial charge is 0.459 e. The van der Waals surface area contributed by atoms with Crippen LogP contribution in [0.5, 0.6) is 0 Å². The van der Waals surface area contributed by atoms with Gasteiger partial charge < -0.3 is 15.1 Å². The van der Waals surface area contributed by atoms with E-state index in [2.05, 4.69) is 0 Å². The summed E-state index contributed by atoms with van der Waals surface area (Å²) in [7, 11) is 1.76. The van der Waals surface area contributed by atoms with Gasteiger partial charge in [0, 0.05) is 12.4 Å². The number of fused-ring (bicyclic) bond motifs is 1. The van der Waals surface area contributed by atoms with Crippen LogP contribution in [0, 0.1) is 0 Å². The smallest absolute Gasteiger partial charge is 0.239 e. The zero-order valence-electron chi connectivity index (χ0n) is 11.8. The number of carbonyl (C=O) groups excluding carboxylic acids is 1. The van der Waals surface area contributed by atoms with Gasteiger partial charge in [0.05, 0.1) is 12.6 Å². The average molecular weight is 297 g/mol. The molecular formula is C15H21ClN2O2. The minimum atomic E-state index is -0.417. The van der Waals surface area contributed by atoms with Crippen LogP contribution in [0.3, 0.4) is 0 Å². The Morgan fingerprint density at radius 3 is 2.75 bits per heavy atom. The van der Waals surface area contributed by atoms with Crippen LogP contribution in [0.2, 0.25) is 0 Å². The van der Waals surface area contributed by atoms with Crippen molar-refractivity contribution in [1.82, 2.24) is 4.90 Å². The fourth-order valence-corrected chi connectivity index (χ4v) is 2.14. The predicted molar refractivity (Wildman–Crippen MR) is 82.8 cm³/mol. The molecule has 2 N–H and O–H groups in total. The molecule has 0 saturated carbocycles. The second kappa shape index (κ2) is 7.31. The molecule has 1 aromatic carbocycles. The number of hydrogen-bond acceptors (Lipinski definition) is 3. The summed E-state index contributed by atoms with van der Waals surface area (Å²) in [4.78, 5) is 13.6. The molecule has 0 fully saturated rings. The lowest BCUT2D eigenvalue weighted by molar-refractivity contribution is -0.132. The maximum Gasteiger partial charge on any atom is 0.239 e. The molecule has 20 heavy (non-hydrogen) atoms. The molecule has 0 aliphatic carbocycles. The summed E-state index contributed by atoms with van der Waals surface area (Å²) in [6, 6.07) is 9.36. The summed E-state index contributed by atoms with van der Waals surface area (Å²) in [5.41, 5.74) is 6.68. The zero-order chi connectivity index (χ0) is 13.8. The Hall–Kier alpha value is -1.52. The fraction of sp³-hybridized carbons (Fsp3) is 0.400. The van der Waals surface area contributed by atoms with Gasteiger partial charge in [0.1, 0.15) is 11.3 Å². The van der Waals surface area contributed by atoms with Gasteiger partial charge in [-0.1, -0.05) is 31.5 Å². The Kier molecular flexibility index (Phi) is 6.05. The van der Waals surface area contributed by atoms with Crippen molar-refractivity contribution in [3.63, 3.8) is 0 Å². The molecule has 0 bridgehead atoms. The average Bonchev–Trinajstić information content (AvgIpc) is 2.80. The molecule has 2 aromatic rings. The molecule has 0 saturated heterocycles. The van der Waals surface area contributed by atoms with Gasteiger partial charge in [-0.05, 0) is 18.6 Å². The van der Waals surface area contributed by atoms with Crippen molar-refractivity contribution in [3.05, 3.63) is 36.1 Å². The highest BCUT2D eigenvalue weighted by Crippen LogP contribution is 2.19. The van der Waals surface area contributed by atoms with Crippen LogP contribution in [0.15, 0.2) is 34.7 Å². The first-order valence-electron chi connectivity index (χ1n) is 6.60. The molecule has 1 unspecified atom stereocenters. The topological polar surface area (TPSA) is 59.5 Å². The highest BCUT2D eigenvalue weighted by atomic mass is 35.5. The SMILES string of the molecule is CCCC(N)C(=O)N(C)Cc1cc2ccccc2o1.Cl. The van der Waals surface area contributed by atoms with Crippen LogP contribution < -0.4 is 5.73 Å². The quantitative estimate of drug-likeness (QED) is 0.923. The molecule has 0 radical (unpaired) electrons. The number of carbonyl (C=O) groups is 1. The third kappa shape index (κ3) is 3.74. The Balaban J connectivity index is 0.00000200.